The number of nitriles is 1. The molecule has 1 aliphatic rings. The average Bonchev–Trinajstić information content (AvgIpc) is 2.91. The summed E-state index contributed by atoms with van der Waals surface area (Å²) in [6.07, 6.45) is 1.54. The number of nitrogens with one attached hydrogen (secondary N) is 3. The van der Waals surface area contributed by atoms with Gasteiger partial charge in [-0.2, -0.15) is 5.26 Å². The third kappa shape index (κ3) is 4.70. The van der Waals surface area contributed by atoms with Gasteiger partial charge in [-0.15, -0.1) is 0 Å². The van der Waals surface area contributed by atoms with Crippen LogP contribution in [0, 0.1) is 24.1 Å². The largest absolute Gasteiger partial charge is 0.543 e. The fourth-order valence-corrected chi connectivity index (χ4v) is 4.54. The Bertz CT molecular complexity index is 1380. The second-order valence-electron chi connectivity index (χ2n) is 10.1. The fraction of sp³-hybridized carbons (Fsp3) is 0.269. The summed E-state index contributed by atoms with van der Waals surface area (Å²) in [5.41, 5.74) is 2.99. The van der Waals surface area contributed by atoms with Crippen LogP contribution < -0.4 is 20.4 Å². The first-order chi connectivity index (χ1) is 16.4. The van der Waals surface area contributed by atoms with Crippen molar-refractivity contribution in [2.45, 2.75) is 45.8 Å². The zero-order chi connectivity index (χ0) is 25.5. The van der Waals surface area contributed by atoms with Crippen molar-refractivity contribution in [3.05, 3.63) is 65.1 Å². The minimum atomic E-state index is -2.15. The van der Waals surface area contributed by atoms with E-state index >= 15 is 4.39 Å². The van der Waals surface area contributed by atoms with Crippen LogP contribution in [-0.2, 0) is 0 Å². The molecule has 1 aromatic heterocycles. The van der Waals surface area contributed by atoms with Crippen molar-refractivity contribution in [3.8, 4) is 11.8 Å². The number of pyridine rings is 1. The number of aryl methyl sites for hydroxylation is 1. The number of carbonyl (C=O) groups excluding carboxylic acids is 1. The van der Waals surface area contributed by atoms with Gasteiger partial charge < -0.3 is 20.4 Å². The molecule has 35 heavy (non-hydrogen) atoms. The van der Waals surface area contributed by atoms with Crippen LogP contribution in [-0.4, -0.2) is 19.2 Å². The van der Waals surface area contributed by atoms with E-state index in [1.54, 1.807) is 30.3 Å². The second kappa shape index (κ2) is 8.71. The minimum Gasteiger partial charge on any atom is -0.543 e. The van der Waals surface area contributed by atoms with E-state index < -0.39 is 20.0 Å². The number of carbonyl (C=O) groups is 1. The molecule has 0 spiro atoms. The number of halogens is 1. The number of hydrogen-bond acceptors (Lipinski definition) is 6. The summed E-state index contributed by atoms with van der Waals surface area (Å²) in [6.45, 7) is 12.5. The van der Waals surface area contributed by atoms with E-state index in [1.165, 1.54) is 12.3 Å². The lowest BCUT2D eigenvalue weighted by atomic mass is 10.1. The zero-order valence-corrected chi connectivity index (χ0v) is 21.6. The van der Waals surface area contributed by atoms with Crippen molar-refractivity contribution < 1.29 is 13.6 Å². The Kier molecular flexibility index (Phi) is 6.03. The van der Waals surface area contributed by atoms with E-state index in [1.807, 2.05) is 6.92 Å². The standard InChI is InChI=1S/C26H28FN5O2Si/c1-15-11-17(27)20(13-22(15)34-35(5,6)26(2,3)4)30-19-9-10-29-24-23(19)25(33)32-21-12-16(14-28)7-8-18(21)31-24/h7-13H,1-6H3,(H,32,33)(H2,29,30,31). The van der Waals surface area contributed by atoms with Crippen molar-refractivity contribution >= 4 is 42.8 Å². The molecule has 3 aromatic rings. The van der Waals surface area contributed by atoms with Gasteiger partial charge >= 0.3 is 0 Å². The second-order valence-corrected chi connectivity index (χ2v) is 14.8. The molecule has 0 bridgehead atoms. The van der Waals surface area contributed by atoms with Crippen molar-refractivity contribution in [3.63, 3.8) is 0 Å². The third-order valence-corrected chi connectivity index (χ3v) is 10.9. The summed E-state index contributed by atoms with van der Waals surface area (Å²) < 4.78 is 21.5. The van der Waals surface area contributed by atoms with Crippen LogP contribution in [0.2, 0.25) is 18.1 Å². The van der Waals surface area contributed by atoms with Crippen LogP contribution in [0.5, 0.6) is 5.75 Å². The number of rotatable bonds is 4. The number of benzene rings is 2. The molecular weight excluding hydrogens is 461 g/mol. The molecule has 0 aliphatic carbocycles. The maximum atomic E-state index is 15.0. The molecule has 7 nitrogen and oxygen atoms in total. The molecule has 1 aliphatic heterocycles. The molecule has 3 N–H and O–H groups in total. The Hall–Kier alpha value is -3.90. The molecule has 0 fully saturated rings. The highest BCUT2D eigenvalue weighted by molar-refractivity contribution is 6.74. The molecule has 0 radical (unpaired) electrons. The monoisotopic (exact) mass is 489 g/mol. The van der Waals surface area contributed by atoms with Gasteiger partial charge in [0.2, 0.25) is 8.32 Å². The quantitative estimate of drug-likeness (QED) is 0.347. The number of aromatic nitrogens is 1. The number of hydrogen-bond donors (Lipinski definition) is 3. The molecule has 1 amide bonds. The average molecular weight is 490 g/mol. The minimum absolute atomic E-state index is 0.0198. The van der Waals surface area contributed by atoms with E-state index in [2.05, 4.69) is 60.9 Å². The smallest absolute Gasteiger partial charge is 0.261 e. The van der Waals surface area contributed by atoms with Crippen molar-refractivity contribution in [2.75, 3.05) is 16.0 Å². The van der Waals surface area contributed by atoms with Gasteiger partial charge in [-0.3, -0.25) is 4.79 Å². The molecule has 4 rings (SSSR count). The van der Waals surface area contributed by atoms with Crippen LogP contribution in [0.15, 0.2) is 42.6 Å². The molecular formula is C26H28FN5O2Si. The summed E-state index contributed by atoms with van der Waals surface area (Å²) in [4.78, 5) is 17.5. The molecule has 9 heteroatoms. The number of fused-ring (bicyclic) bond motifs is 2. The summed E-state index contributed by atoms with van der Waals surface area (Å²) in [5.74, 6) is 0.0441. The summed E-state index contributed by atoms with van der Waals surface area (Å²) in [7, 11) is -2.15. The molecule has 0 saturated heterocycles. The molecule has 2 aromatic carbocycles. The summed E-state index contributed by atoms with van der Waals surface area (Å²) in [5, 5.41) is 18.2. The van der Waals surface area contributed by atoms with Crippen molar-refractivity contribution in [1.82, 2.24) is 4.98 Å². The predicted octanol–water partition coefficient (Wildman–Crippen LogP) is 6.84. The van der Waals surface area contributed by atoms with Gasteiger partial charge in [0, 0.05) is 12.3 Å². The van der Waals surface area contributed by atoms with Crippen LogP contribution in [0.4, 0.5) is 33.0 Å². The Morgan fingerprint density at radius 3 is 2.51 bits per heavy atom. The van der Waals surface area contributed by atoms with Crippen LogP contribution >= 0.6 is 0 Å². The van der Waals surface area contributed by atoms with E-state index in [9.17, 15) is 10.1 Å². The normalized spacial score (nSPS) is 12.9. The van der Waals surface area contributed by atoms with Gasteiger partial charge in [0.05, 0.1) is 34.4 Å². The lowest BCUT2D eigenvalue weighted by Gasteiger charge is -2.37. The van der Waals surface area contributed by atoms with E-state index in [4.69, 9.17) is 4.43 Å². The topological polar surface area (TPSA) is 99.1 Å². The Labute approximate surface area is 205 Å². The van der Waals surface area contributed by atoms with Crippen LogP contribution in [0.3, 0.4) is 0 Å². The lowest BCUT2D eigenvalue weighted by Crippen LogP contribution is -2.44. The Morgan fingerprint density at radius 2 is 1.83 bits per heavy atom. The zero-order valence-electron chi connectivity index (χ0n) is 20.6. The highest BCUT2D eigenvalue weighted by Gasteiger charge is 2.39. The van der Waals surface area contributed by atoms with Crippen molar-refractivity contribution in [2.24, 2.45) is 0 Å². The lowest BCUT2D eigenvalue weighted by molar-refractivity contribution is 0.102. The maximum absolute atomic E-state index is 15.0. The number of anilines is 5. The number of nitrogens with zero attached hydrogens (tertiary/aromatic N) is 2. The van der Waals surface area contributed by atoms with Gasteiger partial charge in [-0.25, -0.2) is 9.37 Å². The first-order valence-electron chi connectivity index (χ1n) is 11.3. The Morgan fingerprint density at radius 1 is 1.09 bits per heavy atom. The molecule has 0 saturated carbocycles. The third-order valence-electron chi connectivity index (χ3n) is 6.53. The van der Waals surface area contributed by atoms with Crippen molar-refractivity contribution in [1.29, 1.82) is 5.26 Å². The highest BCUT2D eigenvalue weighted by atomic mass is 28.4. The fourth-order valence-electron chi connectivity index (χ4n) is 3.46. The van der Waals surface area contributed by atoms with Gasteiger partial charge in [-0.1, -0.05) is 20.8 Å². The first-order valence-corrected chi connectivity index (χ1v) is 14.2. The van der Waals surface area contributed by atoms with Gasteiger partial charge in [-0.05, 0) is 61.0 Å². The van der Waals surface area contributed by atoms with Gasteiger partial charge in [0.15, 0.2) is 0 Å². The van der Waals surface area contributed by atoms with Gasteiger partial charge in [0.25, 0.3) is 5.91 Å². The van der Waals surface area contributed by atoms with E-state index in [-0.39, 0.29) is 16.3 Å². The SMILES string of the molecule is Cc1cc(F)c(Nc2ccnc3c2C(=O)Nc2cc(C#N)ccc2N3)cc1O[Si](C)(C)C(C)(C)C. The van der Waals surface area contributed by atoms with Crippen LogP contribution in [0.1, 0.15) is 42.3 Å². The predicted molar refractivity (Wildman–Crippen MR) is 139 cm³/mol. The van der Waals surface area contributed by atoms with Gasteiger partial charge in [0.1, 0.15) is 22.9 Å². The van der Waals surface area contributed by atoms with Crippen LogP contribution in [0.25, 0.3) is 0 Å². The maximum Gasteiger partial charge on any atom is 0.261 e. The summed E-state index contributed by atoms with van der Waals surface area (Å²) >= 11 is 0. The van der Waals surface area contributed by atoms with E-state index in [0.29, 0.717) is 39.8 Å². The first kappa shape index (κ1) is 24.2. The van der Waals surface area contributed by atoms with E-state index in [0.717, 1.165) is 0 Å². The Balaban J connectivity index is 1.71. The highest BCUT2D eigenvalue weighted by Crippen LogP contribution is 2.40. The molecule has 0 unspecified atom stereocenters. The molecule has 2 heterocycles. The molecule has 0 atom stereocenters. The summed E-state index contributed by atoms with van der Waals surface area (Å²) in [6, 6.07) is 11.7. The molecule has 180 valence electrons. The number of amides is 1.